The van der Waals surface area contributed by atoms with Gasteiger partial charge in [0.05, 0.1) is 5.71 Å². The molecule has 0 spiro atoms. The Hall–Kier alpha value is -3.15. The average molecular weight is 352 g/mol. The fourth-order valence-electron chi connectivity index (χ4n) is 2.30. The Morgan fingerprint density at radius 3 is 2.42 bits per heavy atom. The van der Waals surface area contributed by atoms with E-state index in [9.17, 15) is 9.59 Å². The summed E-state index contributed by atoms with van der Waals surface area (Å²) in [5.74, 6) is -0.525. The van der Waals surface area contributed by atoms with Gasteiger partial charge in [0.1, 0.15) is 0 Å². The van der Waals surface area contributed by atoms with Crippen molar-refractivity contribution < 1.29 is 9.59 Å². The van der Waals surface area contributed by atoms with Crippen molar-refractivity contribution in [3.8, 4) is 0 Å². The van der Waals surface area contributed by atoms with Crippen LogP contribution in [0.2, 0.25) is 0 Å². The molecule has 0 atom stereocenters. The molecule has 0 aliphatic carbocycles. The van der Waals surface area contributed by atoms with E-state index in [0.29, 0.717) is 11.4 Å². The van der Waals surface area contributed by atoms with Gasteiger partial charge >= 0.3 is 0 Å². The number of anilines is 2. The zero-order valence-corrected chi connectivity index (χ0v) is 15.3. The van der Waals surface area contributed by atoms with Crippen LogP contribution in [-0.2, 0) is 9.59 Å². The number of benzene rings is 2. The molecule has 0 bridgehead atoms. The molecule has 26 heavy (non-hydrogen) atoms. The van der Waals surface area contributed by atoms with E-state index in [-0.39, 0.29) is 24.7 Å². The molecule has 6 heteroatoms. The summed E-state index contributed by atoms with van der Waals surface area (Å²) < 4.78 is 0. The third kappa shape index (κ3) is 5.73. The quantitative estimate of drug-likeness (QED) is 0.423. The Balaban J connectivity index is 1.81. The highest BCUT2D eigenvalue weighted by Crippen LogP contribution is 2.14. The van der Waals surface area contributed by atoms with Gasteiger partial charge in [-0.25, -0.2) is 5.43 Å². The molecule has 0 aliphatic rings. The van der Waals surface area contributed by atoms with Crippen molar-refractivity contribution in [2.24, 2.45) is 5.10 Å². The first-order valence-corrected chi connectivity index (χ1v) is 8.41. The summed E-state index contributed by atoms with van der Waals surface area (Å²) in [6.07, 6.45) is 0.149. The summed E-state index contributed by atoms with van der Waals surface area (Å²) in [7, 11) is 0. The van der Waals surface area contributed by atoms with E-state index in [2.05, 4.69) is 15.8 Å². The normalized spacial score (nSPS) is 11.1. The average Bonchev–Trinajstić information content (AvgIpc) is 2.61. The third-order valence-corrected chi connectivity index (χ3v) is 4.02. The largest absolute Gasteiger partial charge is 0.399 e. The van der Waals surface area contributed by atoms with E-state index in [4.69, 9.17) is 5.73 Å². The van der Waals surface area contributed by atoms with Crippen molar-refractivity contribution in [3.63, 3.8) is 0 Å². The van der Waals surface area contributed by atoms with Crippen molar-refractivity contribution in [2.45, 2.75) is 33.6 Å². The van der Waals surface area contributed by atoms with Crippen LogP contribution in [0.15, 0.2) is 47.6 Å². The Kier molecular flexibility index (Phi) is 6.49. The molecule has 0 aliphatic heterocycles. The Morgan fingerprint density at radius 2 is 1.73 bits per heavy atom. The van der Waals surface area contributed by atoms with Crippen molar-refractivity contribution in [1.29, 1.82) is 0 Å². The molecule has 0 saturated heterocycles. The summed E-state index contributed by atoms with van der Waals surface area (Å²) in [5, 5.41) is 6.84. The molecular weight excluding hydrogens is 328 g/mol. The number of nitrogens with one attached hydrogen (secondary N) is 2. The predicted octanol–water partition coefficient (Wildman–Crippen LogP) is 3.14. The molecule has 0 saturated carbocycles. The Morgan fingerprint density at radius 1 is 1.00 bits per heavy atom. The molecule has 136 valence electrons. The molecule has 2 amide bonds. The number of rotatable bonds is 6. The predicted molar refractivity (Wildman–Crippen MR) is 105 cm³/mol. The van der Waals surface area contributed by atoms with Crippen LogP contribution in [0.4, 0.5) is 11.4 Å². The number of carbonyl (C=O) groups excluding carboxylic acids is 2. The second-order valence-electron chi connectivity index (χ2n) is 6.20. The van der Waals surface area contributed by atoms with E-state index < -0.39 is 0 Å². The van der Waals surface area contributed by atoms with Gasteiger partial charge in [-0.05, 0) is 61.7 Å². The zero-order valence-electron chi connectivity index (χ0n) is 15.3. The lowest BCUT2D eigenvalue weighted by Gasteiger charge is -2.07. The molecule has 0 aromatic heterocycles. The number of hydrazone groups is 1. The summed E-state index contributed by atoms with van der Waals surface area (Å²) in [6, 6.07) is 12.9. The Labute approximate surface area is 153 Å². The lowest BCUT2D eigenvalue weighted by Crippen LogP contribution is -2.21. The van der Waals surface area contributed by atoms with Crippen LogP contribution < -0.4 is 16.5 Å². The maximum atomic E-state index is 12.0. The van der Waals surface area contributed by atoms with Crippen LogP contribution in [-0.4, -0.2) is 17.5 Å². The van der Waals surface area contributed by atoms with Gasteiger partial charge in [0.25, 0.3) is 0 Å². The lowest BCUT2D eigenvalue weighted by atomic mass is 10.1. The molecule has 0 fully saturated rings. The van der Waals surface area contributed by atoms with Gasteiger partial charge in [-0.3, -0.25) is 9.59 Å². The van der Waals surface area contributed by atoms with Crippen LogP contribution in [0.1, 0.15) is 36.5 Å². The number of amides is 2. The van der Waals surface area contributed by atoms with Gasteiger partial charge in [-0.15, -0.1) is 0 Å². The van der Waals surface area contributed by atoms with Crippen molar-refractivity contribution in [2.75, 3.05) is 11.1 Å². The number of hydrogen-bond acceptors (Lipinski definition) is 4. The van der Waals surface area contributed by atoms with Gasteiger partial charge in [0, 0.05) is 24.2 Å². The fourth-order valence-corrected chi connectivity index (χ4v) is 2.30. The summed E-state index contributed by atoms with van der Waals surface area (Å²) in [4.78, 5) is 23.8. The molecular formula is C20H24N4O2. The maximum Gasteiger partial charge on any atom is 0.240 e. The third-order valence-electron chi connectivity index (χ3n) is 4.02. The van der Waals surface area contributed by atoms with Crippen LogP contribution >= 0.6 is 0 Å². The second-order valence-corrected chi connectivity index (χ2v) is 6.20. The Bertz CT molecular complexity index is 843. The highest BCUT2D eigenvalue weighted by atomic mass is 16.2. The summed E-state index contributed by atoms with van der Waals surface area (Å²) in [6.45, 7) is 5.78. The minimum atomic E-state index is -0.316. The maximum absolute atomic E-state index is 12.0. The summed E-state index contributed by atoms with van der Waals surface area (Å²) in [5.41, 5.74) is 13.3. The highest BCUT2D eigenvalue weighted by molar-refractivity contribution is 6.00. The molecule has 4 N–H and O–H groups in total. The SMILES string of the molecule is CC(=NNC(=O)CCC(=O)Nc1ccc(C)c(C)c1)c1cccc(N)c1. The number of hydrogen-bond donors (Lipinski definition) is 3. The van der Waals surface area contributed by atoms with Crippen LogP contribution in [0.5, 0.6) is 0 Å². The number of carbonyl (C=O) groups is 2. The van der Waals surface area contributed by atoms with Gasteiger partial charge in [0.15, 0.2) is 0 Å². The van der Waals surface area contributed by atoms with E-state index in [1.165, 1.54) is 0 Å². The van der Waals surface area contributed by atoms with Gasteiger partial charge in [-0.1, -0.05) is 18.2 Å². The van der Waals surface area contributed by atoms with Gasteiger partial charge < -0.3 is 11.1 Å². The smallest absolute Gasteiger partial charge is 0.240 e. The zero-order chi connectivity index (χ0) is 19.1. The molecule has 0 radical (unpaired) electrons. The monoisotopic (exact) mass is 352 g/mol. The molecule has 0 unspecified atom stereocenters. The number of aryl methyl sites for hydroxylation is 2. The number of nitrogen functional groups attached to an aromatic ring is 1. The molecule has 2 rings (SSSR count). The van der Waals surface area contributed by atoms with Crippen molar-refractivity contribution in [3.05, 3.63) is 59.2 Å². The van der Waals surface area contributed by atoms with E-state index in [1.54, 1.807) is 19.1 Å². The number of nitrogens with two attached hydrogens (primary N) is 1. The van der Waals surface area contributed by atoms with Crippen LogP contribution in [0.25, 0.3) is 0 Å². The van der Waals surface area contributed by atoms with E-state index >= 15 is 0 Å². The van der Waals surface area contributed by atoms with E-state index in [1.807, 2.05) is 44.2 Å². The van der Waals surface area contributed by atoms with Gasteiger partial charge in [0.2, 0.25) is 11.8 Å². The molecule has 0 heterocycles. The minimum Gasteiger partial charge on any atom is -0.399 e. The van der Waals surface area contributed by atoms with Crippen molar-refractivity contribution >= 4 is 28.9 Å². The van der Waals surface area contributed by atoms with Crippen LogP contribution in [0, 0.1) is 13.8 Å². The lowest BCUT2D eigenvalue weighted by molar-refractivity contribution is -0.124. The first kappa shape index (κ1) is 19.2. The first-order chi connectivity index (χ1) is 12.3. The first-order valence-electron chi connectivity index (χ1n) is 8.41. The minimum absolute atomic E-state index is 0.0599. The molecule has 6 nitrogen and oxygen atoms in total. The standard InChI is InChI=1S/C20H24N4O2/c1-13-7-8-18(11-14(13)2)22-19(25)9-10-20(26)24-23-15(3)16-5-4-6-17(21)12-16/h4-8,11-12H,9-10,21H2,1-3H3,(H,22,25)(H,24,26). The topological polar surface area (TPSA) is 96.6 Å². The second kappa shape index (κ2) is 8.80. The summed E-state index contributed by atoms with van der Waals surface area (Å²) >= 11 is 0. The number of nitrogens with zero attached hydrogens (tertiary/aromatic N) is 1. The fraction of sp³-hybridized carbons (Fsp3) is 0.250. The van der Waals surface area contributed by atoms with Crippen molar-refractivity contribution in [1.82, 2.24) is 5.43 Å². The highest BCUT2D eigenvalue weighted by Gasteiger charge is 2.08. The molecule has 2 aromatic rings. The molecule has 2 aromatic carbocycles. The van der Waals surface area contributed by atoms with E-state index in [0.717, 1.165) is 22.4 Å². The van der Waals surface area contributed by atoms with Crippen LogP contribution in [0.3, 0.4) is 0 Å². The van der Waals surface area contributed by atoms with Gasteiger partial charge in [-0.2, -0.15) is 5.10 Å².